The van der Waals surface area contributed by atoms with Crippen LogP contribution in [0.15, 0.2) is 48.5 Å². The van der Waals surface area contributed by atoms with E-state index in [0.29, 0.717) is 72.0 Å². The molecule has 0 aromatic heterocycles. The summed E-state index contributed by atoms with van der Waals surface area (Å²) in [6.45, 7) is 28.3. The summed E-state index contributed by atoms with van der Waals surface area (Å²) in [5, 5.41) is 18.2. The molecule has 4 aromatic carbocycles. The lowest BCUT2D eigenvalue weighted by Gasteiger charge is -2.39. The maximum Gasteiger partial charge on any atom is 0.0154 e. The molecule has 0 spiro atoms. The second kappa shape index (κ2) is 16.4. The van der Waals surface area contributed by atoms with Crippen molar-refractivity contribution in [1.82, 2.24) is 21.3 Å². The third-order valence-electron chi connectivity index (χ3n) is 16.6. The fourth-order valence-corrected chi connectivity index (χ4v) is 15.1. The van der Waals surface area contributed by atoms with Gasteiger partial charge in [0, 0.05) is 72.0 Å². The van der Waals surface area contributed by atoms with E-state index in [-0.39, 0.29) is 0 Å². The second-order valence-electron chi connectivity index (χ2n) is 21.2. The van der Waals surface area contributed by atoms with Gasteiger partial charge < -0.3 is 21.3 Å². The van der Waals surface area contributed by atoms with E-state index in [1.54, 1.807) is 22.3 Å². The molecule has 320 valence electrons. The van der Waals surface area contributed by atoms with Gasteiger partial charge in [0.25, 0.3) is 0 Å². The van der Waals surface area contributed by atoms with Crippen molar-refractivity contribution in [3.05, 3.63) is 138 Å². The Bertz CT molecular complexity index is 1820. The molecule has 4 N–H and O–H groups in total. The van der Waals surface area contributed by atoms with Crippen LogP contribution in [0.1, 0.15) is 164 Å². The summed E-state index contributed by atoms with van der Waals surface area (Å²) in [6.07, 6.45) is 9.76. The molecule has 0 saturated carbocycles. The summed E-state index contributed by atoms with van der Waals surface area (Å²) >= 11 is 0. The van der Waals surface area contributed by atoms with Gasteiger partial charge in [0.2, 0.25) is 0 Å². The average Bonchev–Trinajstić information content (AvgIpc) is 3.99. The lowest BCUT2D eigenvalue weighted by Crippen LogP contribution is -2.52. The minimum absolute atomic E-state index is 0.417. The maximum absolute atomic E-state index is 4.55. The third kappa shape index (κ3) is 7.54. The number of rotatable bonds is 4. The van der Waals surface area contributed by atoms with Gasteiger partial charge in [-0.05, 0) is 201 Å². The van der Waals surface area contributed by atoms with Gasteiger partial charge in [0.15, 0.2) is 0 Å². The third-order valence-corrected chi connectivity index (χ3v) is 16.6. The van der Waals surface area contributed by atoms with Crippen LogP contribution in [0, 0.1) is 83.1 Å². The Kier molecular flexibility index (Phi) is 11.5. The van der Waals surface area contributed by atoms with Crippen molar-refractivity contribution in [1.29, 1.82) is 0 Å². The highest BCUT2D eigenvalue weighted by Gasteiger charge is 2.50. The molecule has 0 radical (unpaired) electrons. The highest BCUT2D eigenvalue weighted by molar-refractivity contribution is 5.47. The van der Waals surface area contributed by atoms with Crippen molar-refractivity contribution in [2.45, 2.75) is 206 Å². The molecule has 8 bridgehead atoms. The van der Waals surface area contributed by atoms with E-state index in [1.165, 1.54) is 118 Å². The normalized spacial score (nSPS) is 32.9. The van der Waals surface area contributed by atoms with Crippen LogP contribution in [0.2, 0.25) is 0 Å². The van der Waals surface area contributed by atoms with Crippen LogP contribution < -0.4 is 21.3 Å². The van der Waals surface area contributed by atoms with Gasteiger partial charge >= 0.3 is 0 Å². The van der Waals surface area contributed by atoms with E-state index >= 15 is 0 Å². The molecule has 8 atom stereocenters. The minimum Gasteiger partial charge on any atom is -0.310 e. The summed E-state index contributed by atoms with van der Waals surface area (Å²) in [4.78, 5) is 0. The molecule has 5 aliphatic heterocycles. The van der Waals surface area contributed by atoms with Crippen LogP contribution in [-0.4, -0.2) is 48.3 Å². The molecule has 60 heavy (non-hydrogen) atoms. The summed E-state index contributed by atoms with van der Waals surface area (Å²) in [5.41, 5.74) is 23.7. The zero-order valence-corrected chi connectivity index (χ0v) is 39.2. The molecule has 4 heteroatoms. The molecular weight excluding hydrogens is 729 g/mol. The van der Waals surface area contributed by atoms with E-state index in [9.17, 15) is 0 Å². The van der Waals surface area contributed by atoms with Gasteiger partial charge in [-0.15, -0.1) is 0 Å². The number of nitrogens with one attached hydrogen (secondary N) is 4. The van der Waals surface area contributed by atoms with Crippen LogP contribution in [0.25, 0.3) is 0 Å². The molecular formula is C56H76N4. The predicted molar refractivity (Wildman–Crippen MR) is 253 cm³/mol. The van der Waals surface area contributed by atoms with E-state index in [2.05, 4.69) is 153 Å². The zero-order chi connectivity index (χ0) is 42.3. The first-order chi connectivity index (χ1) is 28.7. The van der Waals surface area contributed by atoms with Crippen molar-refractivity contribution < 1.29 is 0 Å². The van der Waals surface area contributed by atoms with Gasteiger partial charge in [0.1, 0.15) is 0 Å². The van der Waals surface area contributed by atoms with Crippen LogP contribution in [0.4, 0.5) is 0 Å². The van der Waals surface area contributed by atoms with Crippen molar-refractivity contribution in [2.24, 2.45) is 0 Å². The molecule has 5 aliphatic rings. The summed E-state index contributed by atoms with van der Waals surface area (Å²) in [6, 6.07) is 23.1. The molecule has 8 unspecified atom stereocenters. The number of fused-ring (bicyclic) bond motifs is 8. The smallest absolute Gasteiger partial charge is 0.0154 e. The summed E-state index contributed by atoms with van der Waals surface area (Å²) < 4.78 is 0. The summed E-state index contributed by atoms with van der Waals surface area (Å²) in [5.74, 6) is 1.67. The monoisotopic (exact) mass is 805 g/mol. The highest BCUT2D eigenvalue weighted by Crippen LogP contribution is 2.48. The van der Waals surface area contributed by atoms with E-state index in [4.69, 9.17) is 0 Å². The summed E-state index contributed by atoms with van der Waals surface area (Å²) in [7, 11) is 0. The average molecular weight is 805 g/mol. The molecule has 9 rings (SSSR count). The van der Waals surface area contributed by atoms with Gasteiger partial charge in [0.05, 0.1) is 0 Å². The Morgan fingerprint density at radius 3 is 0.517 bits per heavy atom. The highest BCUT2D eigenvalue weighted by atomic mass is 15.1. The zero-order valence-electron chi connectivity index (χ0n) is 39.2. The van der Waals surface area contributed by atoms with Crippen LogP contribution in [0.3, 0.4) is 0 Å². The minimum atomic E-state index is 0.417. The molecule has 4 aromatic rings. The Labute approximate surface area is 363 Å². The largest absolute Gasteiger partial charge is 0.310 e. The molecule has 4 nitrogen and oxygen atoms in total. The predicted octanol–water partition coefficient (Wildman–Crippen LogP) is 11.3. The van der Waals surface area contributed by atoms with Gasteiger partial charge in [-0.1, -0.05) is 70.8 Å². The lowest BCUT2D eigenvalue weighted by molar-refractivity contribution is 0.303. The Morgan fingerprint density at radius 2 is 0.383 bits per heavy atom. The van der Waals surface area contributed by atoms with Gasteiger partial charge in [-0.25, -0.2) is 0 Å². The van der Waals surface area contributed by atoms with Gasteiger partial charge in [-0.3, -0.25) is 0 Å². The fourth-order valence-electron chi connectivity index (χ4n) is 15.1. The Morgan fingerprint density at radius 1 is 0.250 bits per heavy atom. The first-order valence-electron chi connectivity index (χ1n) is 24.0. The molecule has 5 saturated heterocycles. The SMILES string of the molecule is Cc1cc(C)c(C2C3CCC(N3)C(c3c(C)cc(C)cc3C)C3CCC(N3)C(c3c(C)cc(C)cc3C)C3CCC(N3)C(c3c(C)cc(C)cc3C)C3CCC2N3)c(C)c1. The number of hydrogen-bond acceptors (Lipinski definition) is 4. The molecule has 0 amide bonds. The maximum atomic E-state index is 4.55. The Balaban J connectivity index is 1.21. The number of aryl methyl sites for hydroxylation is 12. The fraction of sp³-hybridized carbons (Fsp3) is 0.571. The topological polar surface area (TPSA) is 48.1 Å². The number of benzene rings is 4. The van der Waals surface area contributed by atoms with E-state index < -0.39 is 0 Å². The van der Waals surface area contributed by atoms with Crippen molar-refractivity contribution in [2.75, 3.05) is 0 Å². The van der Waals surface area contributed by atoms with Crippen LogP contribution in [-0.2, 0) is 0 Å². The molecule has 0 aliphatic carbocycles. The molecule has 5 fully saturated rings. The van der Waals surface area contributed by atoms with Crippen LogP contribution >= 0.6 is 0 Å². The first-order valence-corrected chi connectivity index (χ1v) is 24.0. The lowest BCUT2D eigenvalue weighted by atomic mass is 9.78. The van der Waals surface area contributed by atoms with E-state index in [1.807, 2.05) is 0 Å². The van der Waals surface area contributed by atoms with Crippen molar-refractivity contribution in [3.63, 3.8) is 0 Å². The standard InChI is InChI=1S/C56H76N4/c1-29-21-33(5)49(34(6)22-29)53-41-13-15-43(57-41)54(50-35(7)23-30(2)24-36(50)8)45-17-19-47(59-45)56(52-39(11)27-32(4)28-40(52)12)48-20-18-46(60-48)55(44-16-14-42(53)58-44)51-37(9)25-31(3)26-38(51)10/h21-28,41-48,53-60H,13-20H2,1-12H3. The van der Waals surface area contributed by atoms with E-state index in [0.717, 1.165) is 0 Å². The van der Waals surface area contributed by atoms with Crippen molar-refractivity contribution >= 4 is 0 Å². The van der Waals surface area contributed by atoms with Gasteiger partial charge in [-0.2, -0.15) is 0 Å². The van der Waals surface area contributed by atoms with Crippen LogP contribution in [0.5, 0.6) is 0 Å². The number of hydrogen-bond donors (Lipinski definition) is 4. The quantitative estimate of drug-likeness (QED) is 0.166. The Hall–Kier alpha value is -3.28. The first kappa shape index (κ1) is 42.0. The van der Waals surface area contributed by atoms with Crippen molar-refractivity contribution in [3.8, 4) is 0 Å². The molecule has 5 heterocycles. The second-order valence-corrected chi connectivity index (χ2v) is 21.2.